The number of nitrogens with one attached hydrogen (secondary N) is 2. The van der Waals surface area contributed by atoms with Crippen LogP contribution in [0.15, 0.2) is 61.1 Å². The Morgan fingerprint density at radius 2 is 1.85 bits per heavy atom. The van der Waals surface area contributed by atoms with Gasteiger partial charge in [-0.05, 0) is 41.5 Å². The summed E-state index contributed by atoms with van der Waals surface area (Å²) in [6, 6.07) is 13.4. The van der Waals surface area contributed by atoms with Crippen LogP contribution in [0.25, 0.3) is 11.1 Å². The predicted octanol–water partition coefficient (Wildman–Crippen LogP) is 6.93. The first kappa shape index (κ1) is 25.2. The van der Waals surface area contributed by atoms with Gasteiger partial charge in [-0.15, -0.1) is 0 Å². The lowest BCUT2D eigenvalue weighted by Crippen LogP contribution is -2.39. The number of unbranched alkanes of at least 4 members (excludes halogenated alkanes) is 2. The molecule has 0 aliphatic carbocycles. The summed E-state index contributed by atoms with van der Waals surface area (Å²) in [5, 5.41) is 6.15. The third-order valence-corrected chi connectivity index (χ3v) is 5.72. The SMILES string of the molecule is CCCCCOc1cc(-c2ccccc2C)c(NC(=O)NC(c2cccnc2)C(C)(C)C)cn1. The molecule has 0 radical (unpaired) electrons. The molecular weight excluding hydrogens is 424 g/mol. The minimum Gasteiger partial charge on any atom is -0.478 e. The zero-order valence-electron chi connectivity index (χ0n) is 20.9. The first-order valence-corrected chi connectivity index (χ1v) is 12.0. The molecule has 6 nitrogen and oxygen atoms in total. The molecule has 34 heavy (non-hydrogen) atoms. The molecule has 0 aliphatic heterocycles. The first-order chi connectivity index (χ1) is 16.3. The molecule has 180 valence electrons. The summed E-state index contributed by atoms with van der Waals surface area (Å²) in [5.41, 5.74) is 4.40. The van der Waals surface area contributed by atoms with Crippen molar-refractivity contribution in [1.29, 1.82) is 0 Å². The molecule has 1 unspecified atom stereocenters. The van der Waals surface area contributed by atoms with E-state index < -0.39 is 0 Å². The number of urea groups is 1. The standard InChI is InChI=1S/C28H36N4O2/c1-6-7-10-16-34-25-17-23(22-14-9-8-12-20(22)2)24(19-30-25)31-27(33)32-26(28(3,4)5)21-13-11-15-29-18-21/h8-9,11-15,17-19,26H,6-7,10,16H2,1-5H3,(H2,31,32,33). The Hall–Kier alpha value is -3.41. The van der Waals surface area contributed by atoms with Crippen molar-refractivity contribution in [2.75, 3.05) is 11.9 Å². The number of aromatic nitrogens is 2. The molecule has 2 aromatic heterocycles. The lowest BCUT2D eigenvalue weighted by atomic mass is 9.83. The van der Waals surface area contributed by atoms with Crippen LogP contribution in [0.5, 0.6) is 5.88 Å². The van der Waals surface area contributed by atoms with E-state index in [1.54, 1.807) is 18.6 Å². The van der Waals surface area contributed by atoms with Crippen molar-refractivity contribution in [2.24, 2.45) is 5.41 Å². The molecule has 1 aromatic carbocycles. The number of anilines is 1. The van der Waals surface area contributed by atoms with Gasteiger partial charge >= 0.3 is 6.03 Å². The summed E-state index contributed by atoms with van der Waals surface area (Å²) in [6.07, 6.45) is 8.44. The predicted molar refractivity (Wildman–Crippen MR) is 138 cm³/mol. The number of carbonyl (C=O) groups excluding carboxylic acids is 1. The van der Waals surface area contributed by atoms with Crippen LogP contribution in [0.1, 0.15) is 64.1 Å². The molecule has 2 amide bonds. The van der Waals surface area contributed by atoms with Gasteiger partial charge in [-0.1, -0.05) is 70.9 Å². The van der Waals surface area contributed by atoms with Crippen LogP contribution in [-0.2, 0) is 0 Å². The smallest absolute Gasteiger partial charge is 0.319 e. The molecule has 3 aromatic rings. The molecule has 3 rings (SSSR count). The van der Waals surface area contributed by atoms with E-state index in [9.17, 15) is 4.79 Å². The lowest BCUT2D eigenvalue weighted by Gasteiger charge is -2.31. The second-order valence-electron chi connectivity index (χ2n) is 9.62. The molecule has 2 N–H and O–H groups in total. The molecular formula is C28H36N4O2. The maximum Gasteiger partial charge on any atom is 0.319 e. The molecule has 1 atom stereocenters. The monoisotopic (exact) mass is 460 g/mol. The molecule has 0 aliphatic rings. The largest absolute Gasteiger partial charge is 0.478 e. The maximum atomic E-state index is 13.1. The van der Waals surface area contributed by atoms with Crippen molar-refractivity contribution in [1.82, 2.24) is 15.3 Å². The Labute approximate surface area is 203 Å². The van der Waals surface area contributed by atoms with Gasteiger partial charge in [-0.25, -0.2) is 9.78 Å². The van der Waals surface area contributed by atoms with Crippen LogP contribution in [0.3, 0.4) is 0 Å². The highest BCUT2D eigenvalue weighted by Gasteiger charge is 2.28. The summed E-state index contributed by atoms with van der Waals surface area (Å²) in [5.74, 6) is 0.559. The number of benzene rings is 1. The number of rotatable bonds is 9. The van der Waals surface area contributed by atoms with Crippen molar-refractivity contribution in [3.05, 3.63) is 72.2 Å². The summed E-state index contributed by atoms with van der Waals surface area (Å²) in [6.45, 7) is 11.1. The Morgan fingerprint density at radius 1 is 1.06 bits per heavy atom. The minimum absolute atomic E-state index is 0.201. The molecule has 0 spiro atoms. The van der Waals surface area contributed by atoms with E-state index in [-0.39, 0.29) is 17.5 Å². The summed E-state index contributed by atoms with van der Waals surface area (Å²) >= 11 is 0. The van der Waals surface area contributed by atoms with Crippen LogP contribution < -0.4 is 15.4 Å². The van der Waals surface area contributed by atoms with E-state index in [1.165, 1.54) is 0 Å². The minimum atomic E-state index is -0.294. The zero-order valence-corrected chi connectivity index (χ0v) is 20.9. The molecule has 0 saturated heterocycles. The fourth-order valence-electron chi connectivity index (χ4n) is 3.88. The number of pyridine rings is 2. The van der Waals surface area contributed by atoms with Crippen LogP contribution in [0.4, 0.5) is 10.5 Å². The van der Waals surface area contributed by atoms with Gasteiger partial charge in [-0.3, -0.25) is 4.98 Å². The van der Waals surface area contributed by atoms with E-state index in [1.807, 2.05) is 36.4 Å². The van der Waals surface area contributed by atoms with Gasteiger partial charge in [0.1, 0.15) is 0 Å². The average Bonchev–Trinajstić information content (AvgIpc) is 2.81. The van der Waals surface area contributed by atoms with Crippen LogP contribution in [0.2, 0.25) is 0 Å². The molecule has 0 fully saturated rings. The van der Waals surface area contributed by atoms with E-state index >= 15 is 0 Å². The number of carbonyl (C=O) groups is 1. The lowest BCUT2D eigenvalue weighted by molar-refractivity contribution is 0.229. The van der Waals surface area contributed by atoms with Crippen molar-refractivity contribution >= 4 is 11.7 Å². The van der Waals surface area contributed by atoms with Gasteiger partial charge in [0.05, 0.1) is 24.5 Å². The van der Waals surface area contributed by atoms with Crippen molar-refractivity contribution in [2.45, 2.75) is 59.9 Å². The van der Waals surface area contributed by atoms with Crippen LogP contribution in [0, 0.1) is 12.3 Å². The highest BCUT2D eigenvalue weighted by atomic mass is 16.5. The number of ether oxygens (including phenoxy) is 1. The van der Waals surface area contributed by atoms with Crippen molar-refractivity contribution < 1.29 is 9.53 Å². The Bertz CT molecular complexity index is 1080. The van der Waals surface area contributed by atoms with E-state index in [0.29, 0.717) is 18.2 Å². The number of hydrogen-bond acceptors (Lipinski definition) is 4. The maximum absolute atomic E-state index is 13.1. The third kappa shape index (κ3) is 6.80. The highest BCUT2D eigenvalue weighted by molar-refractivity contribution is 5.95. The van der Waals surface area contributed by atoms with Crippen LogP contribution >= 0.6 is 0 Å². The van der Waals surface area contributed by atoms with Gasteiger partial charge in [-0.2, -0.15) is 0 Å². The average molecular weight is 461 g/mol. The fraction of sp³-hybridized carbons (Fsp3) is 0.393. The van der Waals surface area contributed by atoms with Gasteiger partial charge in [0.2, 0.25) is 5.88 Å². The van der Waals surface area contributed by atoms with E-state index in [4.69, 9.17) is 4.74 Å². The second kappa shape index (κ2) is 11.6. The Kier molecular flexibility index (Phi) is 8.63. The van der Waals surface area contributed by atoms with E-state index in [2.05, 4.69) is 61.3 Å². The van der Waals surface area contributed by atoms with Crippen molar-refractivity contribution in [3.63, 3.8) is 0 Å². The summed E-state index contributed by atoms with van der Waals surface area (Å²) in [7, 11) is 0. The Balaban J connectivity index is 1.86. The topological polar surface area (TPSA) is 76.1 Å². The number of aryl methyl sites for hydroxylation is 1. The molecule has 0 saturated carbocycles. The molecule has 2 heterocycles. The number of amides is 2. The van der Waals surface area contributed by atoms with Gasteiger partial charge in [0, 0.05) is 24.0 Å². The summed E-state index contributed by atoms with van der Waals surface area (Å²) < 4.78 is 5.89. The van der Waals surface area contributed by atoms with Gasteiger partial charge < -0.3 is 15.4 Å². The number of hydrogen-bond donors (Lipinski definition) is 2. The fourth-order valence-corrected chi connectivity index (χ4v) is 3.88. The molecule has 6 heteroatoms. The first-order valence-electron chi connectivity index (χ1n) is 12.0. The van der Waals surface area contributed by atoms with E-state index in [0.717, 1.165) is 41.5 Å². The molecule has 0 bridgehead atoms. The normalized spacial score (nSPS) is 12.1. The highest BCUT2D eigenvalue weighted by Crippen LogP contribution is 2.34. The van der Waals surface area contributed by atoms with Gasteiger partial charge in [0.25, 0.3) is 0 Å². The third-order valence-electron chi connectivity index (χ3n) is 5.72. The number of nitrogens with zero attached hydrogens (tertiary/aromatic N) is 2. The van der Waals surface area contributed by atoms with Crippen molar-refractivity contribution in [3.8, 4) is 17.0 Å². The van der Waals surface area contributed by atoms with Gasteiger partial charge in [0.15, 0.2) is 0 Å². The zero-order chi connectivity index (χ0) is 24.6. The van der Waals surface area contributed by atoms with Crippen LogP contribution in [-0.4, -0.2) is 22.6 Å². The Morgan fingerprint density at radius 3 is 2.53 bits per heavy atom. The summed E-state index contributed by atoms with van der Waals surface area (Å²) in [4.78, 5) is 21.8. The quantitative estimate of drug-likeness (QED) is 0.339. The second-order valence-corrected chi connectivity index (χ2v) is 9.62.